The number of fused-ring (bicyclic) bond motifs is 2. The molecule has 0 radical (unpaired) electrons. The van der Waals surface area contributed by atoms with Crippen molar-refractivity contribution in [3.05, 3.63) is 11.3 Å². The summed E-state index contributed by atoms with van der Waals surface area (Å²) in [7, 11) is 1.11. The van der Waals surface area contributed by atoms with Crippen molar-refractivity contribution < 1.29 is 53.4 Å². The van der Waals surface area contributed by atoms with Gasteiger partial charge in [-0.25, -0.2) is 9.59 Å². The van der Waals surface area contributed by atoms with E-state index in [0.717, 1.165) is 7.11 Å². The number of carbonyl (C=O) groups is 4. The monoisotopic (exact) mass is 550 g/mol. The lowest BCUT2D eigenvalue weighted by molar-refractivity contribution is -0.290. The Labute approximate surface area is 226 Å². The molecule has 11 heteroatoms. The smallest absolute Gasteiger partial charge is 0.348 e. The first-order valence-electron chi connectivity index (χ1n) is 13.6. The van der Waals surface area contributed by atoms with Gasteiger partial charge in [-0.2, -0.15) is 0 Å². The third kappa shape index (κ3) is 3.45. The van der Waals surface area contributed by atoms with Gasteiger partial charge in [0, 0.05) is 24.2 Å². The lowest BCUT2D eigenvalue weighted by atomic mass is 9.38. The van der Waals surface area contributed by atoms with Crippen LogP contribution in [0.1, 0.15) is 53.9 Å². The van der Waals surface area contributed by atoms with Gasteiger partial charge in [-0.15, -0.1) is 0 Å². The number of aliphatic hydroxyl groups is 3. The molecule has 11 atom stereocenters. The van der Waals surface area contributed by atoms with Crippen molar-refractivity contribution in [3.8, 4) is 0 Å². The van der Waals surface area contributed by atoms with E-state index in [9.17, 15) is 34.5 Å². The Bertz CT molecular complexity index is 1140. The van der Waals surface area contributed by atoms with Crippen LogP contribution in [0.2, 0.25) is 0 Å². The average Bonchev–Trinajstić information content (AvgIpc) is 3.18. The first-order valence-corrected chi connectivity index (χ1v) is 13.6. The molecule has 3 N–H and O–H groups in total. The first-order chi connectivity index (χ1) is 18.2. The van der Waals surface area contributed by atoms with E-state index in [1.807, 2.05) is 20.8 Å². The summed E-state index contributed by atoms with van der Waals surface area (Å²) < 4.78 is 22.8. The minimum Gasteiger partial charge on any atom is -0.504 e. The Morgan fingerprint density at radius 2 is 1.82 bits per heavy atom. The number of esters is 3. The van der Waals surface area contributed by atoms with Gasteiger partial charge < -0.3 is 34.3 Å². The van der Waals surface area contributed by atoms with Crippen molar-refractivity contribution in [1.29, 1.82) is 0 Å². The van der Waals surface area contributed by atoms with Crippen molar-refractivity contribution in [2.75, 3.05) is 13.7 Å². The second kappa shape index (κ2) is 9.01. The predicted molar refractivity (Wildman–Crippen MR) is 132 cm³/mol. The van der Waals surface area contributed by atoms with E-state index in [1.165, 1.54) is 0 Å². The molecule has 11 nitrogen and oxygen atoms in total. The Hall–Kier alpha value is -2.50. The van der Waals surface area contributed by atoms with Crippen molar-refractivity contribution in [3.63, 3.8) is 0 Å². The van der Waals surface area contributed by atoms with Crippen molar-refractivity contribution in [2.45, 2.75) is 83.9 Å². The molecule has 2 aliphatic heterocycles. The van der Waals surface area contributed by atoms with Crippen molar-refractivity contribution >= 4 is 23.7 Å². The molecule has 11 unspecified atom stereocenters. The maximum atomic E-state index is 13.5. The highest BCUT2D eigenvalue weighted by Gasteiger charge is 2.85. The number of Topliss-reactive ketones (excluding diaryl/α,β-unsaturated/α-hetero) is 1. The van der Waals surface area contributed by atoms with E-state index in [4.69, 9.17) is 18.9 Å². The lowest BCUT2D eigenvalue weighted by Gasteiger charge is -2.67. The maximum Gasteiger partial charge on any atom is 0.348 e. The molecule has 4 fully saturated rings. The van der Waals surface area contributed by atoms with Gasteiger partial charge in [-0.05, 0) is 42.1 Å². The van der Waals surface area contributed by atoms with Crippen molar-refractivity contribution in [2.24, 2.45) is 40.4 Å². The largest absolute Gasteiger partial charge is 0.504 e. The van der Waals surface area contributed by atoms with Crippen LogP contribution in [-0.4, -0.2) is 82.7 Å². The fraction of sp³-hybridized carbons (Fsp3) is 0.786. The molecule has 3 aliphatic carbocycles. The highest BCUT2D eigenvalue weighted by molar-refractivity contribution is 5.95. The van der Waals surface area contributed by atoms with Crippen molar-refractivity contribution in [1.82, 2.24) is 0 Å². The molecule has 39 heavy (non-hydrogen) atoms. The quantitative estimate of drug-likeness (QED) is 0.333. The maximum absolute atomic E-state index is 13.5. The molecule has 0 aromatic carbocycles. The van der Waals surface area contributed by atoms with Crippen LogP contribution in [-0.2, 0) is 38.1 Å². The van der Waals surface area contributed by atoms with E-state index in [-0.39, 0.29) is 43.5 Å². The lowest BCUT2D eigenvalue weighted by Crippen LogP contribution is -2.79. The molecule has 2 heterocycles. The Morgan fingerprint density at radius 1 is 1.15 bits per heavy atom. The van der Waals surface area contributed by atoms with E-state index >= 15 is 0 Å². The summed E-state index contributed by atoms with van der Waals surface area (Å²) in [5, 5.41) is 33.8. The summed E-state index contributed by atoms with van der Waals surface area (Å²) in [5.74, 6) is -5.90. The summed E-state index contributed by atoms with van der Waals surface area (Å²) in [6, 6.07) is 0. The highest BCUT2D eigenvalue weighted by Crippen LogP contribution is 2.72. The van der Waals surface area contributed by atoms with Gasteiger partial charge >= 0.3 is 17.9 Å². The zero-order valence-corrected chi connectivity index (χ0v) is 23.1. The fourth-order valence-corrected chi connectivity index (χ4v) is 8.54. The van der Waals surface area contributed by atoms with Gasteiger partial charge in [0.25, 0.3) is 0 Å². The Kier molecular flexibility index (Phi) is 6.48. The summed E-state index contributed by atoms with van der Waals surface area (Å²) in [5.41, 5.74) is -4.07. The standard InChI is InChI=1S/C28H38O11/c1-11(2)12(3)7-17(30)39-20-22-27-10-37-28(22,25(35)36-6)23(33)19(32)21(27)26(5)9-15(29)18(31)13(4)14(26)8-16(27)38-24(20)34/h11-12,14,16,19-23,31-33H,7-10H2,1-6H3. The van der Waals surface area contributed by atoms with Crippen LogP contribution < -0.4 is 0 Å². The Morgan fingerprint density at radius 3 is 2.44 bits per heavy atom. The minimum absolute atomic E-state index is 0.0167. The van der Waals surface area contributed by atoms with Crippen LogP contribution in [0.4, 0.5) is 0 Å². The van der Waals surface area contributed by atoms with E-state index in [2.05, 4.69) is 0 Å². The second-order valence-electron chi connectivity index (χ2n) is 12.8. The summed E-state index contributed by atoms with van der Waals surface area (Å²) in [4.78, 5) is 52.9. The summed E-state index contributed by atoms with van der Waals surface area (Å²) >= 11 is 0. The minimum atomic E-state index is -2.20. The number of rotatable bonds is 5. The molecule has 5 rings (SSSR count). The van der Waals surface area contributed by atoms with Crippen LogP contribution in [0.5, 0.6) is 0 Å². The highest BCUT2D eigenvalue weighted by atomic mass is 16.6. The molecular weight excluding hydrogens is 512 g/mol. The van der Waals surface area contributed by atoms with Crippen LogP contribution in [0.25, 0.3) is 0 Å². The summed E-state index contributed by atoms with van der Waals surface area (Å²) in [6.45, 7) is 9.03. The molecule has 216 valence electrons. The van der Waals surface area contributed by atoms with Gasteiger partial charge in [0.2, 0.25) is 11.7 Å². The molecule has 0 aromatic rings. The SMILES string of the molecule is COC(=O)C12OCC34C(CC5C(C)=C(O)C(=O)CC5(C)C3C(O)C1O)OC(=O)C(OC(=O)CC(C)C(C)C)C24. The third-order valence-electron chi connectivity index (χ3n) is 10.7. The molecule has 0 aromatic heterocycles. The Balaban J connectivity index is 1.68. The van der Waals surface area contributed by atoms with Crippen LogP contribution in [0.3, 0.4) is 0 Å². The number of allylic oxidation sites excluding steroid dienone is 2. The number of hydrogen-bond acceptors (Lipinski definition) is 11. The number of aliphatic hydroxyl groups excluding tert-OH is 3. The van der Waals surface area contributed by atoms with E-state index in [1.54, 1.807) is 13.8 Å². The van der Waals surface area contributed by atoms with Crippen LogP contribution in [0.15, 0.2) is 11.3 Å². The van der Waals surface area contributed by atoms with E-state index in [0.29, 0.717) is 5.57 Å². The van der Waals surface area contributed by atoms with Gasteiger partial charge in [-0.3, -0.25) is 9.59 Å². The van der Waals surface area contributed by atoms with Gasteiger partial charge in [0.15, 0.2) is 11.5 Å². The summed E-state index contributed by atoms with van der Waals surface area (Å²) in [6.07, 6.45) is -5.88. The fourth-order valence-electron chi connectivity index (χ4n) is 8.54. The molecule has 2 bridgehead atoms. The number of ketones is 1. The normalized spacial score (nSPS) is 45.3. The van der Waals surface area contributed by atoms with E-state index < -0.39 is 82.3 Å². The van der Waals surface area contributed by atoms with Gasteiger partial charge in [-0.1, -0.05) is 27.7 Å². The molecular formula is C28H38O11. The second-order valence-corrected chi connectivity index (χ2v) is 12.8. The zero-order chi connectivity index (χ0) is 28.8. The molecule has 1 spiro atoms. The van der Waals surface area contributed by atoms with Gasteiger partial charge in [0.1, 0.15) is 12.2 Å². The van der Waals surface area contributed by atoms with Gasteiger partial charge in [0.05, 0.1) is 25.7 Å². The zero-order valence-electron chi connectivity index (χ0n) is 23.1. The molecule has 5 aliphatic rings. The molecule has 2 saturated carbocycles. The number of carbonyl (C=O) groups excluding carboxylic acids is 4. The molecule has 0 amide bonds. The van der Waals surface area contributed by atoms with Crippen LogP contribution >= 0.6 is 0 Å². The predicted octanol–water partition coefficient (Wildman–Crippen LogP) is 1.23. The molecule has 2 saturated heterocycles. The third-order valence-corrected chi connectivity index (χ3v) is 10.7. The first kappa shape index (κ1) is 28.0. The number of ether oxygens (including phenoxy) is 4. The average molecular weight is 551 g/mol. The van der Waals surface area contributed by atoms with Crippen LogP contribution in [0, 0.1) is 40.4 Å². The number of hydrogen-bond donors (Lipinski definition) is 3. The topological polar surface area (TPSA) is 166 Å². The number of methoxy groups -OCH3 is 1.